The van der Waals surface area contributed by atoms with Gasteiger partial charge in [0.15, 0.2) is 6.10 Å². The number of amides is 1. The number of esters is 1. The number of carbonyl (C=O) groups is 2. The van der Waals surface area contributed by atoms with Gasteiger partial charge in [-0.25, -0.2) is 9.18 Å². The van der Waals surface area contributed by atoms with Crippen molar-refractivity contribution < 1.29 is 23.1 Å². The number of fused-ring (bicyclic) bond motifs is 1. The lowest BCUT2D eigenvalue weighted by molar-refractivity contribution is -0.129. The van der Waals surface area contributed by atoms with E-state index in [0.717, 1.165) is 6.42 Å². The van der Waals surface area contributed by atoms with E-state index in [4.69, 9.17) is 9.15 Å². The van der Waals surface area contributed by atoms with Crippen molar-refractivity contribution in [2.75, 3.05) is 6.54 Å². The predicted molar refractivity (Wildman–Crippen MR) is 79.1 cm³/mol. The first-order valence-electron chi connectivity index (χ1n) is 7.11. The van der Waals surface area contributed by atoms with E-state index >= 15 is 0 Å². The molecular formula is C16H18FNO4. The molecule has 1 N–H and O–H groups in total. The van der Waals surface area contributed by atoms with Crippen LogP contribution in [0, 0.1) is 12.7 Å². The minimum absolute atomic E-state index is 0.0178. The van der Waals surface area contributed by atoms with E-state index in [1.807, 2.05) is 6.92 Å². The smallest absolute Gasteiger partial charge is 0.375 e. The zero-order valence-corrected chi connectivity index (χ0v) is 12.7. The molecule has 0 radical (unpaired) electrons. The van der Waals surface area contributed by atoms with Crippen LogP contribution in [0.4, 0.5) is 4.39 Å². The molecular weight excluding hydrogens is 289 g/mol. The van der Waals surface area contributed by atoms with E-state index in [2.05, 4.69) is 5.32 Å². The maximum atomic E-state index is 13.3. The van der Waals surface area contributed by atoms with Crippen LogP contribution in [0.1, 0.15) is 36.4 Å². The van der Waals surface area contributed by atoms with Gasteiger partial charge >= 0.3 is 5.97 Å². The van der Waals surface area contributed by atoms with E-state index in [1.165, 1.54) is 25.1 Å². The van der Waals surface area contributed by atoms with Crippen molar-refractivity contribution in [3.05, 3.63) is 35.3 Å². The molecule has 2 aromatic rings. The van der Waals surface area contributed by atoms with Crippen LogP contribution in [0.5, 0.6) is 0 Å². The molecule has 1 amide bonds. The number of hydrogen-bond acceptors (Lipinski definition) is 4. The van der Waals surface area contributed by atoms with Crippen molar-refractivity contribution in [1.82, 2.24) is 5.32 Å². The Labute approximate surface area is 127 Å². The standard InChI is InChI=1S/C16H18FNO4/c1-4-7-18-15(19)10(3)21-16(20)14-9(2)12-8-11(17)5-6-13(12)22-14/h5-6,8,10H,4,7H2,1-3H3,(H,18,19)/t10-/m1/s1. The van der Waals surface area contributed by atoms with Gasteiger partial charge in [-0.3, -0.25) is 4.79 Å². The minimum Gasteiger partial charge on any atom is -0.449 e. The second-order valence-corrected chi connectivity index (χ2v) is 5.04. The number of halogens is 1. The maximum Gasteiger partial charge on any atom is 0.375 e. The molecule has 0 fully saturated rings. The van der Waals surface area contributed by atoms with Crippen LogP contribution >= 0.6 is 0 Å². The summed E-state index contributed by atoms with van der Waals surface area (Å²) < 4.78 is 23.8. The third-order valence-electron chi connectivity index (χ3n) is 3.29. The van der Waals surface area contributed by atoms with E-state index in [1.54, 1.807) is 6.92 Å². The summed E-state index contributed by atoms with van der Waals surface area (Å²) in [6, 6.07) is 4.00. The highest BCUT2D eigenvalue weighted by molar-refractivity contribution is 5.97. The Bertz CT molecular complexity index is 707. The largest absolute Gasteiger partial charge is 0.449 e. The minimum atomic E-state index is -0.927. The van der Waals surface area contributed by atoms with Crippen LogP contribution in [-0.4, -0.2) is 24.5 Å². The number of benzene rings is 1. The molecule has 0 aliphatic heterocycles. The Kier molecular flexibility index (Phi) is 4.80. The van der Waals surface area contributed by atoms with Gasteiger partial charge in [0.25, 0.3) is 5.91 Å². The normalized spacial score (nSPS) is 12.2. The Balaban J connectivity index is 2.16. The average Bonchev–Trinajstić information content (AvgIpc) is 2.81. The first kappa shape index (κ1) is 16.0. The van der Waals surface area contributed by atoms with Crippen LogP contribution in [-0.2, 0) is 9.53 Å². The van der Waals surface area contributed by atoms with Gasteiger partial charge in [0, 0.05) is 17.5 Å². The van der Waals surface area contributed by atoms with Gasteiger partial charge in [-0.2, -0.15) is 0 Å². The summed E-state index contributed by atoms with van der Waals surface area (Å²) in [5.41, 5.74) is 0.884. The SMILES string of the molecule is CCCNC(=O)[C@@H](C)OC(=O)c1oc2ccc(F)cc2c1C. The third-order valence-corrected chi connectivity index (χ3v) is 3.29. The van der Waals surface area contributed by atoms with Crippen LogP contribution in [0.25, 0.3) is 11.0 Å². The van der Waals surface area contributed by atoms with Crippen molar-refractivity contribution >= 4 is 22.8 Å². The summed E-state index contributed by atoms with van der Waals surface area (Å²) in [5.74, 6) is -1.54. The van der Waals surface area contributed by atoms with Crippen LogP contribution in [0.15, 0.2) is 22.6 Å². The van der Waals surface area contributed by atoms with Crippen molar-refractivity contribution in [2.45, 2.75) is 33.3 Å². The highest BCUT2D eigenvalue weighted by atomic mass is 19.1. The first-order chi connectivity index (χ1) is 10.4. The molecule has 1 heterocycles. The van der Waals surface area contributed by atoms with E-state index in [-0.39, 0.29) is 11.7 Å². The van der Waals surface area contributed by atoms with E-state index < -0.39 is 17.9 Å². The van der Waals surface area contributed by atoms with E-state index in [0.29, 0.717) is 23.1 Å². The number of furan rings is 1. The fraction of sp³-hybridized carbons (Fsp3) is 0.375. The second kappa shape index (κ2) is 6.60. The Morgan fingerprint density at radius 1 is 1.41 bits per heavy atom. The Morgan fingerprint density at radius 3 is 2.82 bits per heavy atom. The topological polar surface area (TPSA) is 68.5 Å². The lowest BCUT2D eigenvalue weighted by Crippen LogP contribution is -2.36. The van der Waals surface area contributed by atoms with Gasteiger partial charge in [-0.05, 0) is 38.5 Å². The van der Waals surface area contributed by atoms with Crippen LogP contribution in [0.2, 0.25) is 0 Å². The van der Waals surface area contributed by atoms with E-state index in [9.17, 15) is 14.0 Å². The number of hydrogen-bond donors (Lipinski definition) is 1. The number of carbonyl (C=O) groups excluding carboxylic acids is 2. The molecule has 0 unspecified atom stereocenters. The molecule has 22 heavy (non-hydrogen) atoms. The molecule has 0 saturated carbocycles. The fourth-order valence-corrected chi connectivity index (χ4v) is 2.05. The summed E-state index contributed by atoms with van der Waals surface area (Å²) in [6.07, 6.45) is -0.135. The molecule has 5 nitrogen and oxygen atoms in total. The number of aryl methyl sites for hydroxylation is 1. The quantitative estimate of drug-likeness (QED) is 0.862. The Hall–Kier alpha value is -2.37. The molecule has 0 aliphatic rings. The number of nitrogens with one attached hydrogen (secondary N) is 1. The first-order valence-corrected chi connectivity index (χ1v) is 7.11. The van der Waals surface area contributed by atoms with Crippen LogP contribution < -0.4 is 5.32 Å². The summed E-state index contributed by atoms with van der Waals surface area (Å²) in [7, 11) is 0. The maximum absolute atomic E-state index is 13.3. The van der Waals surface area contributed by atoms with Gasteiger partial charge in [0.1, 0.15) is 11.4 Å². The summed E-state index contributed by atoms with van der Waals surface area (Å²) in [4.78, 5) is 23.8. The monoisotopic (exact) mass is 307 g/mol. The van der Waals surface area contributed by atoms with Crippen molar-refractivity contribution in [3.8, 4) is 0 Å². The molecule has 118 valence electrons. The van der Waals surface area contributed by atoms with Gasteiger partial charge in [0.05, 0.1) is 0 Å². The van der Waals surface area contributed by atoms with Crippen molar-refractivity contribution in [3.63, 3.8) is 0 Å². The zero-order chi connectivity index (χ0) is 16.3. The molecule has 0 saturated heterocycles. The van der Waals surface area contributed by atoms with Gasteiger partial charge < -0.3 is 14.5 Å². The molecule has 2 rings (SSSR count). The molecule has 6 heteroatoms. The van der Waals surface area contributed by atoms with Crippen molar-refractivity contribution in [1.29, 1.82) is 0 Å². The molecule has 1 atom stereocenters. The zero-order valence-electron chi connectivity index (χ0n) is 12.7. The molecule has 0 aliphatic carbocycles. The summed E-state index contributed by atoms with van der Waals surface area (Å²) in [5, 5.41) is 3.15. The molecule has 1 aromatic carbocycles. The molecule has 1 aromatic heterocycles. The van der Waals surface area contributed by atoms with Crippen LogP contribution in [0.3, 0.4) is 0 Å². The fourth-order valence-electron chi connectivity index (χ4n) is 2.05. The van der Waals surface area contributed by atoms with Gasteiger partial charge in [-0.1, -0.05) is 6.92 Å². The molecule has 0 spiro atoms. The molecule has 0 bridgehead atoms. The summed E-state index contributed by atoms with van der Waals surface area (Å²) in [6.45, 7) is 5.57. The second-order valence-electron chi connectivity index (χ2n) is 5.04. The van der Waals surface area contributed by atoms with Gasteiger partial charge in [-0.15, -0.1) is 0 Å². The number of ether oxygens (including phenoxy) is 1. The van der Waals surface area contributed by atoms with Gasteiger partial charge in [0.2, 0.25) is 5.76 Å². The number of rotatable bonds is 5. The Morgan fingerprint density at radius 2 is 2.14 bits per heavy atom. The summed E-state index contributed by atoms with van der Waals surface area (Å²) >= 11 is 0. The lowest BCUT2D eigenvalue weighted by Gasteiger charge is -2.12. The average molecular weight is 307 g/mol. The highest BCUT2D eigenvalue weighted by Crippen LogP contribution is 2.26. The third kappa shape index (κ3) is 3.27. The highest BCUT2D eigenvalue weighted by Gasteiger charge is 2.24. The predicted octanol–water partition coefficient (Wildman–Crippen LogP) is 2.95. The lowest BCUT2D eigenvalue weighted by atomic mass is 10.1. The van der Waals surface area contributed by atoms with Crippen molar-refractivity contribution in [2.24, 2.45) is 0 Å².